The van der Waals surface area contributed by atoms with Gasteiger partial charge < -0.3 is 20.9 Å². The molecule has 1 spiro atoms. The van der Waals surface area contributed by atoms with Crippen molar-refractivity contribution in [2.75, 3.05) is 48.7 Å². The van der Waals surface area contributed by atoms with Crippen molar-refractivity contribution in [3.8, 4) is 17.0 Å². The lowest BCUT2D eigenvalue weighted by Crippen LogP contribution is -2.67. The third-order valence-electron chi connectivity index (χ3n) is 7.89. The third-order valence-corrected chi connectivity index (χ3v) is 7.89. The van der Waals surface area contributed by atoms with E-state index in [1.54, 1.807) is 23.2 Å². The number of alkyl halides is 2. The van der Waals surface area contributed by atoms with Gasteiger partial charge in [-0.3, -0.25) is 9.80 Å². The molecule has 2 aliphatic heterocycles. The van der Waals surface area contributed by atoms with Crippen LogP contribution in [0.5, 0.6) is 5.88 Å². The minimum Gasteiger partial charge on any atom is -0.474 e. The van der Waals surface area contributed by atoms with Gasteiger partial charge in [0.2, 0.25) is 5.88 Å². The van der Waals surface area contributed by atoms with Crippen molar-refractivity contribution in [3.05, 3.63) is 35.9 Å². The first-order valence-corrected chi connectivity index (χ1v) is 12.4. The highest BCUT2D eigenvalue weighted by atomic mass is 19.3. The summed E-state index contributed by atoms with van der Waals surface area (Å²) in [7, 11) is 0. The fourth-order valence-electron chi connectivity index (χ4n) is 6.15. The number of hydrogen-bond acceptors (Lipinski definition) is 7. The van der Waals surface area contributed by atoms with Crippen molar-refractivity contribution >= 4 is 34.1 Å². The van der Waals surface area contributed by atoms with Crippen molar-refractivity contribution in [2.24, 2.45) is 5.41 Å². The lowest BCUT2D eigenvalue weighted by Gasteiger charge is -2.60. The van der Waals surface area contributed by atoms with Gasteiger partial charge in [0, 0.05) is 54.6 Å². The monoisotopic (exact) mass is 528 g/mol. The summed E-state index contributed by atoms with van der Waals surface area (Å²) in [5, 5.41) is 14.2. The Morgan fingerprint density at radius 2 is 2.05 bits per heavy atom. The van der Waals surface area contributed by atoms with Crippen molar-refractivity contribution in [2.45, 2.75) is 32.2 Å². The molecule has 1 aliphatic carbocycles. The normalized spacial score (nSPS) is 18.4. The molecule has 12 heteroatoms. The van der Waals surface area contributed by atoms with Gasteiger partial charge >= 0.3 is 6.09 Å². The maximum Gasteiger partial charge on any atom is 0.413 e. The number of nitrogen functional groups attached to an aromatic ring is 1. The average Bonchev–Trinajstić information content (AvgIpc) is 2.83. The number of carboxylic acid groups (broad SMARTS) is 1. The SMILES string of the molecule is Cc1c(-c2cc3cc(N(C(=O)O)C4CC5(C4)CN(CC(F)F)C5)ncc3c(N)c2F)cnc2c1NCCO2. The number of halogens is 3. The Morgan fingerprint density at radius 1 is 1.29 bits per heavy atom. The van der Waals surface area contributed by atoms with Crippen LogP contribution in [0.4, 0.5) is 35.2 Å². The van der Waals surface area contributed by atoms with Gasteiger partial charge in [0.05, 0.1) is 12.2 Å². The molecule has 0 bridgehead atoms. The number of fused-ring (bicyclic) bond motifs is 2. The highest BCUT2D eigenvalue weighted by Crippen LogP contribution is 2.51. The fourth-order valence-corrected chi connectivity index (χ4v) is 6.15. The summed E-state index contributed by atoms with van der Waals surface area (Å²) in [6.45, 7) is 3.76. The molecular weight excluding hydrogens is 501 g/mol. The van der Waals surface area contributed by atoms with Crippen LogP contribution in [0.25, 0.3) is 21.9 Å². The lowest BCUT2D eigenvalue weighted by molar-refractivity contribution is -0.0902. The number of amides is 1. The number of ether oxygens (including phenoxy) is 1. The Balaban J connectivity index is 1.32. The second-order valence-electron chi connectivity index (χ2n) is 10.4. The minimum atomic E-state index is -2.38. The Kier molecular flexibility index (Phi) is 5.74. The van der Waals surface area contributed by atoms with E-state index < -0.39 is 18.3 Å². The van der Waals surface area contributed by atoms with E-state index in [0.29, 0.717) is 67.0 Å². The quantitative estimate of drug-likeness (QED) is 0.419. The number of carbonyl (C=O) groups is 1. The van der Waals surface area contributed by atoms with Gasteiger partial charge in [0.15, 0.2) is 5.82 Å². The first kappa shape index (κ1) is 24.5. The van der Waals surface area contributed by atoms with Gasteiger partial charge in [-0.05, 0) is 48.3 Å². The zero-order chi connectivity index (χ0) is 26.8. The van der Waals surface area contributed by atoms with E-state index in [2.05, 4.69) is 15.3 Å². The summed E-state index contributed by atoms with van der Waals surface area (Å²) in [5.74, 6) is 0.0567. The van der Waals surface area contributed by atoms with Crippen LogP contribution in [0.15, 0.2) is 24.5 Å². The van der Waals surface area contributed by atoms with E-state index in [4.69, 9.17) is 10.5 Å². The molecule has 38 heavy (non-hydrogen) atoms. The zero-order valence-electron chi connectivity index (χ0n) is 20.7. The van der Waals surface area contributed by atoms with E-state index in [1.165, 1.54) is 11.1 Å². The summed E-state index contributed by atoms with van der Waals surface area (Å²) < 4.78 is 46.3. The Bertz CT molecular complexity index is 1440. The molecule has 4 heterocycles. The molecule has 2 aromatic heterocycles. The molecule has 9 nitrogen and oxygen atoms in total. The number of rotatable bonds is 5. The number of hydrogen-bond donors (Lipinski definition) is 3. The Labute approximate surface area is 216 Å². The molecule has 1 amide bonds. The third kappa shape index (κ3) is 3.94. The molecule has 0 atom stereocenters. The van der Waals surface area contributed by atoms with E-state index in [9.17, 15) is 18.7 Å². The Morgan fingerprint density at radius 3 is 2.76 bits per heavy atom. The van der Waals surface area contributed by atoms with E-state index in [-0.39, 0.29) is 35.1 Å². The van der Waals surface area contributed by atoms with Crippen LogP contribution >= 0.6 is 0 Å². The average molecular weight is 529 g/mol. The maximum absolute atomic E-state index is 15.5. The van der Waals surface area contributed by atoms with E-state index in [0.717, 1.165) is 5.56 Å². The van der Waals surface area contributed by atoms with Gasteiger partial charge in [-0.2, -0.15) is 0 Å². The zero-order valence-corrected chi connectivity index (χ0v) is 20.7. The van der Waals surface area contributed by atoms with Gasteiger partial charge in [0.1, 0.15) is 18.1 Å². The number of nitrogens with two attached hydrogens (primary N) is 1. The van der Waals surface area contributed by atoms with Gasteiger partial charge in [-0.25, -0.2) is 27.9 Å². The van der Waals surface area contributed by atoms with Gasteiger partial charge in [0.25, 0.3) is 6.43 Å². The highest BCUT2D eigenvalue weighted by molar-refractivity contribution is 6.00. The predicted octanol–water partition coefficient (Wildman–Crippen LogP) is 4.34. The molecule has 3 aromatic rings. The largest absolute Gasteiger partial charge is 0.474 e. The molecule has 2 fully saturated rings. The first-order chi connectivity index (χ1) is 18.2. The highest BCUT2D eigenvalue weighted by Gasteiger charge is 2.55. The molecule has 200 valence electrons. The lowest BCUT2D eigenvalue weighted by atomic mass is 9.60. The van der Waals surface area contributed by atoms with Crippen LogP contribution in [0.3, 0.4) is 0 Å². The molecule has 0 unspecified atom stereocenters. The number of likely N-dealkylation sites (tertiary alicyclic amines) is 1. The van der Waals surface area contributed by atoms with Crippen LogP contribution in [-0.4, -0.2) is 71.3 Å². The van der Waals surface area contributed by atoms with E-state index >= 15 is 4.39 Å². The topological polar surface area (TPSA) is 117 Å². The van der Waals surface area contributed by atoms with Crippen LogP contribution in [-0.2, 0) is 0 Å². The number of aromatic nitrogens is 2. The number of benzene rings is 1. The van der Waals surface area contributed by atoms with E-state index in [1.807, 2.05) is 6.92 Å². The number of nitrogens with zero attached hydrogens (tertiary/aromatic N) is 4. The summed E-state index contributed by atoms with van der Waals surface area (Å²) >= 11 is 0. The molecule has 6 rings (SSSR count). The predicted molar refractivity (Wildman–Crippen MR) is 136 cm³/mol. The fraction of sp³-hybridized carbons (Fsp3) is 0.423. The first-order valence-electron chi connectivity index (χ1n) is 12.4. The molecular formula is C26H27F3N6O3. The van der Waals surface area contributed by atoms with Crippen molar-refractivity contribution in [1.82, 2.24) is 14.9 Å². The van der Waals surface area contributed by atoms with Crippen LogP contribution in [0.2, 0.25) is 0 Å². The van der Waals surface area contributed by atoms with Crippen LogP contribution in [0.1, 0.15) is 18.4 Å². The summed E-state index contributed by atoms with van der Waals surface area (Å²) in [6.07, 6.45) is 0.540. The smallest absolute Gasteiger partial charge is 0.413 e. The number of anilines is 3. The van der Waals surface area contributed by atoms with Crippen molar-refractivity contribution in [1.29, 1.82) is 0 Å². The molecule has 1 saturated heterocycles. The number of pyridine rings is 2. The maximum atomic E-state index is 15.5. The standard InChI is InChI=1S/C26H27F3N6O3/c1-13-17(8-33-24-23(13)31-2-3-38-24)16-4-14-5-20(32-9-18(14)22(30)21(16)29)35(25(36)37)15-6-26(7-15)11-34(12-26)10-19(27)28/h4-5,8-9,15,19,31H,2-3,6-7,10-12,30H2,1H3,(H,36,37). The summed E-state index contributed by atoms with van der Waals surface area (Å²) in [4.78, 5) is 23.8. The molecule has 0 radical (unpaired) electrons. The molecule has 3 aliphatic rings. The van der Waals surface area contributed by atoms with Crippen molar-refractivity contribution < 1.29 is 27.8 Å². The number of nitrogens with one attached hydrogen (secondary N) is 1. The van der Waals surface area contributed by atoms with Crippen molar-refractivity contribution in [3.63, 3.8) is 0 Å². The second-order valence-corrected chi connectivity index (χ2v) is 10.4. The van der Waals surface area contributed by atoms with Crippen LogP contribution < -0.4 is 20.7 Å². The van der Waals surface area contributed by atoms with Crippen LogP contribution in [0, 0.1) is 18.2 Å². The second kappa shape index (κ2) is 8.90. The minimum absolute atomic E-state index is 0.0871. The molecule has 1 saturated carbocycles. The molecule has 1 aromatic carbocycles. The Hall–Kier alpha value is -3.80. The molecule has 4 N–H and O–H groups in total. The van der Waals surface area contributed by atoms with Gasteiger partial charge in [-0.15, -0.1) is 0 Å². The summed E-state index contributed by atoms with van der Waals surface area (Å²) in [5.41, 5.74) is 8.20. The van der Waals surface area contributed by atoms with Gasteiger partial charge in [-0.1, -0.05) is 0 Å². The summed E-state index contributed by atoms with van der Waals surface area (Å²) in [6, 6.07) is 2.91.